The third kappa shape index (κ3) is 6.90. The van der Waals surface area contributed by atoms with Gasteiger partial charge in [-0.2, -0.15) is 0 Å². The maximum Gasteiger partial charge on any atom is 0.221 e. The molecule has 0 spiro atoms. The van der Waals surface area contributed by atoms with Crippen LogP contribution in [0.2, 0.25) is 0 Å². The molecule has 0 aromatic carbocycles. The lowest BCUT2D eigenvalue weighted by Gasteiger charge is -2.24. The third-order valence-electron chi connectivity index (χ3n) is 2.64. The van der Waals surface area contributed by atoms with E-state index in [2.05, 4.69) is 10.6 Å². The molecule has 1 aliphatic rings. The quantitative estimate of drug-likeness (QED) is 0.578. The van der Waals surface area contributed by atoms with Crippen LogP contribution < -0.4 is 10.6 Å². The van der Waals surface area contributed by atoms with Crippen molar-refractivity contribution in [3.8, 4) is 0 Å². The molecule has 0 aliphatic carbocycles. The third-order valence-corrected chi connectivity index (χ3v) is 2.64. The number of rotatable bonds is 8. The number of amides is 1. The molecule has 18 heavy (non-hydrogen) atoms. The Morgan fingerprint density at radius 3 is 3.06 bits per heavy atom. The summed E-state index contributed by atoms with van der Waals surface area (Å²) in [6.07, 6.45) is 0.447. The second-order valence-corrected chi connectivity index (χ2v) is 4.47. The van der Waals surface area contributed by atoms with E-state index in [1.807, 2.05) is 6.92 Å². The minimum absolute atomic E-state index is 0.0128. The lowest BCUT2D eigenvalue weighted by molar-refractivity contribution is -0.123. The molecular weight excluding hydrogens is 236 g/mol. The van der Waals surface area contributed by atoms with E-state index in [1.54, 1.807) is 7.11 Å². The van der Waals surface area contributed by atoms with Gasteiger partial charge in [0.15, 0.2) is 0 Å². The Hall–Kier alpha value is -0.690. The van der Waals surface area contributed by atoms with Crippen LogP contribution in [0.5, 0.6) is 0 Å². The summed E-state index contributed by atoms with van der Waals surface area (Å²) in [5, 5.41) is 6.15. The maximum absolute atomic E-state index is 11.7. The predicted molar refractivity (Wildman–Crippen MR) is 67.5 cm³/mol. The van der Waals surface area contributed by atoms with Gasteiger partial charge in [-0.1, -0.05) is 0 Å². The highest BCUT2D eigenvalue weighted by atomic mass is 16.5. The Bertz CT molecular complexity index is 232. The van der Waals surface area contributed by atoms with E-state index in [0.717, 1.165) is 13.2 Å². The van der Waals surface area contributed by atoms with Crippen molar-refractivity contribution in [3.05, 3.63) is 0 Å². The Balaban J connectivity index is 2.06. The summed E-state index contributed by atoms with van der Waals surface area (Å²) in [4.78, 5) is 11.7. The lowest BCUT2D eigenvalue weighted by Crippen LogP contribution is -2.46. The van der Waals surface area contributed by atoms with Crippen LogP contribution in [0.1, 0.15) is 13.3 Å². The summed E-state index contributed by atoms with van der Waals surface area (Å²) >= 11 is 0. The summed E-state index contributed by atoms with van der Waals surface area (Å²) in [7, 11) is 1.63. The van der Waals surface area contributed by atoms with Gasteiger partial charge in [-0.25, -0.2) is 0 Å². The van der Waals surface area contributed by atoms with Crippen LogP contribution >= 0.6 is 0 Å². The van der Waals surface area contributed by atoms with Gasteiger partial charge in [-0.15, -0.1) is 0 Å². The zero-order valence-electron chi connectivity index (χ0n) is 11.2. The first kappa shape index (κ1) is 15.4. The maximum atomic E-state index is 11.7. The van der Waals surface area contributed by atoms with Crippen LogP contribution in [0.4, 0.5) is 0 Å². The summed E-state index contributed by atoms with van der Waals surface area (Å²) in [6, 6.07) is 0.138. The van der Waals surface area contributed by atoms with Crippen LogP contribution in [0.3, 0.4) is 0 Å². The van der Waals surface area contributed by atoms with Crippen molar-refractivity contribution in [1.29, 1.82) is 0 Å². The molecule has 0 aromatic rings. The van der Waals surface area contributed by atoms with Crippen molar-refractivity contribution >= 4 is 5.91 Å². The molecule has 0 aromatic heterocycles. The lowest BCUT2D eigenvalue weighted by atomic mass is 10.2. The number of carbonyl (C=O) groups excluding carboxylic acids is 1. The SMILES string of the molecule is COCCOCC(C)NC(=O)CC1COCCN1. The van der Waals surface area contributed by atoms with Crippen LogP contribution in [0.15, 0.2) is 0 Å². The zero-order valence-corrected chi connectivity index (χ0v) is 11.2. The molecule has 0 bridgehead atoms. The minimum atomic E-state index is 0.0128. The zero-order chi connectivity index (χ0) is 13.2. The van der Waals surface area contributed by atoms with Crippen LogP contribution in [0, 0.1) is 0 Å². The summed E-state index contributed by atoms with van der Waals surface area (Å²) < 4.78 is 15.5. The van der Waals surface area contributed by atoms with Crippen LogP contribution in [-0.4, -0.2) is 64.7 Å². The average Bonchev–Trinajstić information content (AvgIpc) is 2.35. The first-order valence-electron chi connectivity index (χ1n) is 6.39. The first-order chi connectivity index (χ1) is 8.72. The van der Waals surface area contributed by atoms with E-state index in [0.29, 0.717) is 32.8 Å². The molecule has 1 aliphatic heterocycles. The summed E-state index contributed by atoms with van der Waals surface area (Å²) in [5.74, 6) is 0.0286. The Labute approximate surface area is 108 Å². The summed E-state index contributed by atoms with van der Waals surface area (Å²) in [5.41, 5.74) is 0. The molecule has 6 heteroatoms. The molecule has 1 fully saturated rings. The highest BCUT2D eigenvalue weighted by Gasteiger charge is 2.17. The molecular formula is C12H24N2O4. The second-order valence-electron chi connectivity index (χ2n) is 4.47. The molecule has 6 nitrogen and oxygen atoms in total. The van der Waals surface area contributed by atoms with Crippen molar-refractivity contribution in [2.75, 3.05) is 46.7 Å². The van der Waals surface area contributed by atoms with Crippen LogP contribution in [0.25, 0.3) is 0 Å². The number of hydrogen-bond acceptors (Lipinski definition) is 5. The van der Waals surface area contributed by atoms with E-state index in [-0.39, 0.29) is 18.0 Å². The standard InChI is InChI=1S/C12H24N2O4/c1-10(8-18-6-5-16-2)14-12(15)7-11-9-17-4-3-13-11/h10-11,13H,3-9H2,1-2H3,(H,14,15). The van der Waals surface area contributed by atoms with Gasteiger partial charge in [-0.3, -0.25) is 4.79 Å². The molecule has 2 N–H and O–H groups in total. The molecule has 2 unspecified atom stereocenters. The number of morpholine rings is 1. The van der Waals surface area contributed by atoms with Gasteiger partial charge in [0.05, 0.1) is 33.0 Å². The monoisotopic (exact) mass is 260 g/mol. The number of ether oxygens (including phenoxy) is 3. The van der Waals surface area contributed by atoms with Gasteiger partial charge in [0.2, 0.25) is 5.91 Å². The number of nitrogens with one attached hydrogen (secondary N) is 2. The number of carbonyl (C=O) groups is 1. The highest BCUT2D eigenvalue weighted by molar-refractivity contribution is 5.76. The van der Waals surface area contributed by atoms with E-state index < -0.39 is 0 Å². The van der Waals surface area contributed by atoms with Gasteiger partial charge in [0.1, 0.15) is 0 Å². The Kier molecular flexibility index (Phi) is 7.91. The van der Waals surface area contributed by atoms with E-state index in [1.165, 1.54) is 0 Å². The highest BCUT2D eigenvalue weighted by Crippen LogP contribution is 1.98. The van der Waals surface area contributed by atoms with Crippen LogP contribution in [-0.2, 0) is 19.0 Å². The smallest absolute Gasteiger partial charge is 0.221 e. The van der Waals surface area contributed by atoms with Crippen molar-refractivity contribution < 1.29 is 19.0 Å². The fraction of sp³-hybridized carbons (Fsp3) is 0.917. The number of hydrogen-bond donors (Lipinski definition) is 2. The topological polar surface area (TPSA) is 68.8 Å². The molecule has 2 atom stereocenters. The largest absolute Gasteiger partial charge is 0.382 e. The van der Waals surface area contributed by atoms with E-state index >= 15 is 0 Å². The molecule has 106 valence electrons. The van der Waals surface area contributed by atoms with Crippen molar-refractivity contribution in [2.45, 2.75) is 25.4 Å². The first-order valence-corrected chi connectivity index (χ1v) is 6.39. The molecule has 1 amide bonds. The van der Waals surface area contributed by atoms with Gasteiger partial charge >= 0.3 is 0 Å². The van der Waals surface area contributed by atoms with Gasteiger partial charge < -0.3 is 24.8 Å². The molecule has 1 saturated heterocycles. The van der Waals surface area contributed by atoms with Crippen molar-refractivity contribution in [1.82, 2.24) is 10.6 Å². The minimum Gasteiger partial charge on any atom is -0.382 e. The molecule has 0 radical (unpaired) electrons. The Morgan fingerprint density at radius 2 is 2.39 bits per heavy atom. The predicted octanol–water partition coefficient (Wildman–Crippen LogP) is -0.467. The van der Waals surface area contributed by atoms with Crippen molar-refractivity contribution in [3.63, 3.8) is 0 Å². The molecule has 1 rings (SSSR count). The average molecular weight is 260 g/mol. The molecule has 0 saturated carbocycles. The fourth-order valence-corrected chi connectivity index (χ4v) is 1.75. The molecule has 1 heterocycles. The Morgan fingerprint density at radius 1 is 1.56 bits per heavy atom. The second kappa shape index (κ2) is 9.27. The van der Waals surface area contributed by atoms with Gasteiger partial charge in [0, 0.05) is 32.2 Å². The van der Waals surface area contributed by atoms with Gasteiger partial charge in [0.25, 0.3) is 0 Å². The summed E-state index contributed by atoms with van der Waals surface area (Å²) in [6.45, 7) is 5.69. The van der Waals surface area contributed by atoms with E-state index in [9.17, 15) is 4.79 Å². The van der Waals surface area contributed by atoms with E-state index in [4.69, 9.17) is 14.2 Å². The fourth-order valence-electron chi connectivity index (χ4n) is 1.75. The normalized spacial score (nSPS) is 21.6. The number of methoxy groups -OCH3 is 1. The van der Waals surface area contributed by atoms with Gasteiger partial charge in [-0.05, 0) is 6.92 Å². The van der Waals surface area contributed by atoms with Crippen molar-refractivity contribution in [2.24, 2.45) is 0 Å².